The third kappa shape index (κ3) is 3.57. The number of halogens is 2. The molecule has 6 heteroatoms. The largest absolute Gasteiger partial charge is 0.391 e. The predicted molar refractivity (Wildman–Crippen MR) is 70.1 cm³/mol. The Kier molecular flexibility index (Phi) is 4.17. The smallest absolute Gasteiger partial charge is 0.142 e. The summed E-state index contributed by atoms with van der Waals surface area (Å²) >= 11 is 9.16. The molecule has 0 aliphatic rings. The lowest BCUT2D eigenvalue weighted by Gasteiger charge is -1.99. The van der Waals surface area contributed by atoms with Crippen molar-refractivity contribution in [1.82, 2.24) is 10.2 Å². The Morgan fingerprint density at radius 1 is 1.53 bits per heavy atom. The van der Waals surface area contributed by atoms with Gasteiger partial charge in [0.2, 0.25) is 0 Å². The van der Waals surface area contributed by atoms with E-state index < -0.39 is 0 Å². The summed E-state index contributed by atoms with van der Waals surface area (Å²) in [5, 5.41) is 11.1. The lowest BCUT2D eigenvalue weighted by molar-refractivity contribution is 0.132. The summed E-state index contributed by atoms with van der Waals surface area (Å²) in [6.07, 6.45) is 3.21. The van der Waals surface area contributed by atoms with E-state index in [-0.39, 0.29) is 0 Å². The first-order valence-electron chi connectivity index (χ1n) is 4.84. The molecule has 0 saturated heterocycles. The van der Waals surface area contributed by atoms with Gasteiger partial charge >= 0.3 is 0 Å². The van der Waals surface area contributed by atoms with Gasteiger partial charge in [0.05, 0.1) is 22.6 Å². The summed E-state index contributed by atoms with van der Waals surface area (Å²) in [4.78, 5) is 5.15. The second kappa shape index (κ2) is 5.84. The first-order valence-corrected chi connectivity index (χ1v) is 6.01. The van der Waals surface area contributed by atoms with Crippen LogP contribution in [0.2, 0.25) is 5.02 Å². The zero-order valence-electron chi connectivity index (χ0n) is 8.73. The highest BCUT2D eigenvalue weighted by Crippen LogP contribution is 2.12. The number of aromatic amines is 1. The number of rotatable bonds is 4. The van der Waals surface area contributed by atoms with E-state index in [2.05, 4.69) is 31.3 Å². The highest BCUT2D eigenvalue weighted by molar-refractivity contribution is 9.10. The second-order valence-corrected chi connectivity index (χ2v) is 4.56. The molecule has 0 amide bonds. The van der Waals surface area contributed by atoms with Crippen LogP contribution in [0.1, 0.15) is 11.3 Å². The van der Waals surface area contributed by atoms with E-state index in [1.54, 1.807) is 12.4 Å². The van der Waals surface area contributed by atoms with Crippen LogP contribution in [0.5, 0.6) is 0 Å². The van der Waals surface area contributed by atoms with Gasteiger partial charge in [0.15, 0.2) is 0 Å². The number of nitrogens with zero attached hydrogens (tertiary/aromatic N) is 2. The van der Waals surface area contributed by atoms with E-state index in [1.165, 1.54) is 0 Å². The topological polar surface area (TPSA) is 50.3 Å². The molecule has 0 bridgehead atoms. The van der Waals surface area contributed by atoms with Crippen LogP contribution in [0.4, 0.5) is 0 Å². The Morgan fingerprint density at radius 3 is 3.12 bits per heavy atom. The van der Waals surface area contributed by atoms with Crippen molar-refractivity contribution in [2.24, 2.45) is 5.16 Å². The minimum absolute atomic E-state index is 0.378. The Hall–Kier alpha value is -1.33. The van der Waals surface area contributed by atoms with Crippen molar-refractivity contribution in [3.8, 4) is 0 Å². The predicted octanol–water partition coefficient (Wildman–Crippen LogP) is 3.38. The monoisotopic (exact) mass is 313 g/mol. The van der Waals surface area contributed by atoms with Crippen molar-refractivity contribution in [2.75, 3.05) is 0 Å². The third-order valence-electron chi connectivity index (χ3n) is 2.00. The van der Waals surface area contributed by atoms with Gasteiger partial charge in [-0.05, 0) is 33.6 Å². The Bertz CT molecular complexity index is 527. The molecule has 4 nitrogen and oxygen atoms in total. The molecule has 0 spiro atoms. The second-order valence-electron chi connectivity index (χ2n) is 3.27. The van der Waals surface area contributed by atoms with Gasteiger partial charge in [-0.25, -0.2) is 0 Å². The Labute approximate surface area is 112 Å². The van der Waals surface area contributed by atoms with E-state index in [0.29, 0.717) is 11.6 Å². The molecule has 1 aromatic carbocycles. The lowest BCUT2D eigenvalue weighted by Crippen LogP contribution is -1.89. The van der Waals surface area contributed by atoms with Crippen LogP contribution in [0, 0.1) is 0 Å². The first kappa shape index (κ1) is 12.1. The molecule has 17 heavy (non-hydrogen) atoms. The number of aromatic nitrogens is 2. The van der Waals surface area contributed by atoms with Crippen LogP contribution in [-0.2, 0) is 11.4 Å². The van der Waals surface area contributed by atoms with Gasteiger partial charge < -0.3 is 4.84 Å². The van der Waals surface area contributed by atoms with Crippen LogP contribution in [0.25, 0.3) is 0 Å². The maximum Gasteiger partial charge on any atom is 0.142 e. The number of H-pyrrole nitrogens is 1. The Balaban J connectivity index is 1.88. The highest BCUT2D eigenvalue weighted by Gasteiger charge is 1.97. The molecule has 0 atom stereocenters. The molecule has 2 rings (SSSR count). The van der Waals surface area contributed by atoms with Crippen molar-refractivity contribution in [2.45, 2.75) is 6.61 Å². The van der Waals surface area contributed by atoms with Gasteiger partial charge in [-0.1, -0.05) is 28.9 Å². The number of benzene rings is 1. The molecule has 0 radical (unpaired) electrons. The highest BCUT2D eigenvalue weighted by atomic mass is 79.9. The van der Waals surface area contributed by atoms with Crippen LogP contribution >= 0.6 is 27.5 Å². The summed E-state index contributed by atoms with van der Waals surface area (Å²) in [6.45, 7) is 0.378. The van der Waals surface area contributed by atoms with Crippen LogP contribution < -0.4 is 0 Å². The molecule has 0 saturated carbocycles. The normalized spacial score (nSPS) is 10.9. The van der Waals surface area contributed by atoms with Crippen LogP contribution in [0.15, 0.2) is 40.1 Å². The number of hydrogen-bond acceptors (Lipinski definition) is 3. The van der Waals surface area contributed by atoms with Crippen molar-refractivity contribution in [1.29, 1.82) is 0 Å². The summed E-state index contributed by atoms with van der Waals surface area (Å²) < 4.78 is 0.840. The molecule has 0 aliphatic heterocycles. The molecule has 0 unspecified atom stereocenters. The molecule has 0 aliphatic carbocycles. The minimum atomic E-state index is 0.378. The number of oxime groups is 1. The molecule has 1 N–H and O–H groups in total. The van der Waals surface area contributed by atoms with E-state index in [4.69, 9.17) is 16.4 Å². The maximum atomic E-state index is 5.85. The minimum Gasteiger partial charge on any atom is -0.391 e. The zero-order valence-corrected chi connectivity index (χ0v) is 11.1. The summed E-state index contributed by atoms with van der Waals surface area (Å²) in [7, 11) is 0. The van der Waals surface area contributed by atoms with E-state index >= 15 is 0 Å². The van der Waals surface area contributed by atoms with Gasteiger partial charge in [0.1, 0.15) is 6.61 Å². The maximum absolute atomic E-state index is 5.85. The average Bonchev–Trinajstić information content (AvgIpc) is 2.71. The van der Waals surface area contributed by atoms with E-state index in [9.17, 15) is 0 Å². The van der Waals surface area contributed by atoms with Crippen molar-refractivity contribution in [3.63, 3.8) is 0 Å². The number of hydrogen-bond donors (Lipinski definition) is 1. The van der Waals surface area contributed by atoms with Crippen LogP contribution in [0.3, 0.4) is 0 Å². The van der Waals surface area contributed by atoms with E-state index in [1.807, 2.05) is 24.3 Å². The summed E-state index contributed by atoms with van der Waals surface area (Å²) in [6, 6.07) is 7.45. The van der Waals surface area contributed by atoms with E-state index in [0.717, 1.165) is 15.7 Å². The van der Waals surface area contributed by atoms with Gasteiger partial charge in [-0.3, -0.25) is 5.10 Å². The fraction of sp³-hybridized carbons (Fsp3) is 0.0909. The van der Waals surface area contributed by atoms with Gasteiger partial charge in [0.25, 0.3) is 0 Å². The van der Waals surface area contributed by atoms with Crippen molar-refractivity contribution >= 4 is 33.7 Å². The van der Waals surface area contributed by atoms with Gasteiger partial charge in [-0.15, -0.1) is 0 Å². The summed E-state index contributed by atoms with van der Waals surface area (Å²) in [5.74, 6) is 0. The molecule has 88 valence electrons. The molecule has 0 fully saturated rings. The standard InChI is InChI=1S/C11H9BrClN3O/c12-10-5-14-16-11(10)6-15-17-7-8-2-1-3-9(13)4-8/h1-6H,7H2,(H,14,16). The average molecular weight is 315 g/mol. The van der Waals surface area contributed by atoms with Crippen LogP contribution in [-0.4, -0.2) is 16.4 Å². The summed E-state index contributed by atoms with van der Waals surface area (Å²) in [5.41, 5.74) is 1.73. The van der Waals surface area contributed by atoms with Gasteiger partial charge in [0, 0.05) is 5.02 Å². The van der Waals surface area contributed by atoms with Gasteiger partial charge in [-0.2, -0.15) is 5.10 Å². The molecular formula is C11H9BrClN3O. The Morgan fingerprint density at radius 2 is 2.41 bits per heavy atom. The zero-order chi connectivity index (χ0) is 12.1. The quantitative estimate of drug-likeness (QED) is 0.695. The fourth-order valence-corrected chi connectivity index (χ4v) is 1.71. The first-order chi connectivity index (χ1) is 8.25. The number of nitrogens with one attached hydrogen (secondary N) is 1. The molecular weight excluding hydrogens is 305 g/mol. The molecule has 2 aromatic rings. The lowest BCUT2D eigenvalue weighted by atomic mass is 10.2. The molecule has 1 heterocycles. The van der Waals surface area contributed by atoms with Crippen molar-refractivity contribution in [3.05, 3.63) is 51.2 Å². The van der Waals surface area contributed by atoms with Crippen molar-refractivity contribution < 1.29 is 4.84 Å². The third-order valence-corrected chi connectivity index (χ3v) is 2.86. The SMILES string of the molecule is Clc1cccc(CON=Cc2[nH]ncc2Br)c1. The fourth-order valence-electron chi connectivity index (χ4n) is 1.20. The molecule has 1 aromatic heterocycles.